The van der Waals surface area contributed by atoms with Crippen LogP contribution in [0, 0.1) is 0 Å². The minimum atomic E-state index is -2.08. The Morgan fingerprint density at radius 1 is 1.58 bits per heavy atom. The molecule has 11 heteroatoms. The summed E-state index contributed by atoms with van der Waals surface area (Å²) in [6.45, 7) is 2.77. The van der Waals surface area contributed by atoms with E-state index < -0.39 is 36.0 Å². The molecule has 1 aliphatic rings. The lowest BCUT2D eigenvalue weighted by Crippen LogP contribution is -2.50. The van der Waals surface area contributed by atoms with Gasteiger partial charge in [0.15, 0.2) is 11.4 Å². The number of hydrogen-bond acceptors (Lipinski definition) is 10. The average molecular weight is 356 g/mol. The van der Waals surface area contributed by atoms with E-state index in [-0.39, 0.29) is 28.8 Å². The number of nitrogens with two attached hydrogens (primary N) is 1. The van der Waals surface area contributed by atoms with E-state index in [2.05, 4.69) is 16.5 Å². The van der Waals surface area contributed by atoms with E-state index >= 15 is 0 Å². The maximum Gasteiger partial charge on any atom is 0.312 e. The first-order valence-corrected chi connectivity index (χ1v) is 7.80. The smallest absolute Gasteiger partial charge is 0.312 e. The molecule has 5 N–H and O–H groups in total. The highest BCUT2D eigenvalue weighted by Crippen LogP contribution is 2.34. The number of aliphatic hydroxyl groups is 3. The molecule has 1 saturated heterocycles. The van der Waals surface area contributed by atoms with Crippen molar-refractivity contribution in [2.45, 2.75) is 17.9 Å². The van der Waals surface area contributed by atoms with Crippen LogP contribution < -0.4 is 15.3 Å². The molecule has 0 spiro atoms. The van der Waals surface area contributed by atoms with Gasteiger partial charge in [-0.25, -0.2) is 4.57 Å². The zero-order valence-corrected chi connectivity index (χ0v) is 13.3. The van der Waals surface area contributed by atoms with E-state index in [1.165, 1.54) is 6.08 Å². The molecule has 0 saturated carbocycles. The number of fused-ring (bicyclic) bond motifs is 1. The number of rotatable bonds is 5. The Morgan fingerprint density at radius 3 is 2.96 bits per heavy atom. The van der Waals surface area contributed by atoms with Crippen LogP contribution in [0.1, 0.15) is 0 Å². The highest BCUT2D eigenvalue weighted by molar-refractivity contribution is 7.16. The van der Waals surface area contributed by atoms with Crippen molar-refractivity contribution < 1.29 is 24.8 Å². The fourth-order valence-electron chi connectivity index (χ4n) is 2.53. The predicted octanol–water partition coefficient (Wildman–Crippen LogP) is -1.60. The Balaban J connectivity index is 2.19. The molecular formula is C13H16N4O6S. The molecule has 0 bridgehead atoms. The van der Waals surface area contributed by atoms with Gasteiger partial charge in [0, 0.05) is 0 Å². The van der Waals surface area contributed by atoms with E-state index in [9.17, 15) is 20.1 Å². The van der Waals surface area contributed by atoms with Gasteiger partial charge in [-0.15, -0.1) is 0 Å². The van der Waals surface area contributed by atoms with Gasteiger partial charge in [-0.3, -0.25) is 4.79 Å². The van der Waals surface area contributed by atoms with Gasteiger partial charge in [0.25, 0.3) is 0 Å². The minimum absolute atomic E-state index is 0.0142. The Bertz CT molecular complexity index is 836. The van der Waals surface area contributed by atoms with E-state index in [0.29, 0.717) is 0 Å². The van der Waals surface area contributed by atoms with Crippen molar-refractivity contribution in [2.24, 2.45) is 0 Å². The second kappa shape index (κ2) is 6.11. The summed E-state index contributed by atoms with van der Waals surface area (Å²) in [5.41, 5.74) is 3.58. The zero-order valence-electron chi connectivity index (χ0n) is 12.5. The van der Waals surface area contributed by atoms with E-state index in [1.807, 2.05) is 0 Å². The monoisotopic (exact) mass is 356 g/mol. The topological polar surface area (TPSA) is 153 Å². The van der Waals surface area contributed by atoms with Crippen LogP contribution in [0.5, 0.6) is 5.88 Å². The Kier molecular flexibility index (Phi) is 4.27. The summed E-state index contributed by atoms with van der Waals surface area (Å²) in [7, 11) is 0. The van der Waals surface area contributed by atoms with Crippen LogP contribution in [0.4, 0.5) is 5.95 Å². The molecule has 2 aromatic rings. The molecule has 0 aliphatic carbocycles. The number of aliphatic hydroxyl groups excluding tert-OH is 2. The molecule has 10 nitrogen and oxygen atoms in total. The fraction of sp³-hybridized carbons (Fsp3) is 0.462. The summed E-state index contributed by atoms with van der Waals surface area (Å²) in [6.07, 6.45) is -1.04. The average Bonchev–Trinajstić information content (AvgIpc) is 3.02. The third kappa shape index (κ3) is 2.46. The van der Waals surface area contributed by atoms with Crippen LogP contribution >= 0.6 is 11.3 Å². The van der Waals surface area contributed by atoms with Gasteiger partial charge in [-0.1, -0.05) is 24.0 Å². The molecule has 0 unspecified atom stereocenters. The van der Waals surface area contributed by atoms with Crippen LogP contribution in [0.2, 0.25) is 0 Å². The van der Waals surface area contributed by atoms with Gasteiger partial charge in [0.1, 0.15) is 23.5 Å². The lowest BCUT2D eigenvalue weighted by atomic mass is 10.1. The first kappa shape index (κ1) is 16.8. The fourth-order valence-corrected chi connectivity index (χ4v) is 3.46. The van der Waals surface area contributed by atoms with Gasteiger partial charge >= 0.3 is 4.87 Å². The van der Waals surface area contributed by atoms with Crippen LogP contribution in [0.15, 0.2) is 17.4 Å². The van der Waals surface area contributed by atoms with E-state index in [4.69, 9.17) is 15.2 Å². The van der Waals surface area contributed by atoms with Gasteiger partial charge < -0.3 is 30.5 Å². The van der Waals surface area contributed by atoms with Crippen molar-refractivity contribution in [3.8, 4) is 5.88 Å². The SMILES string of the molecule is C=CCOc1nc(N)nc2c1sc(=O)n2[C@@]1(O)CO[C@H](CO)[C@H]1O. The van der Waals surface area contributed by atoms with Crippen molar-refractivity contribution in [1.29, 1.82) is 0 Å². The molecular weight excluding hydrogens is 340 g/mol. The summed E-state index contributed by atoms with van der Waals surface area (Å²) < 4.78 is 11.7. The largest absolute Gasteiger partial charge is 0.472 e. The molecule has 0 aromatic carbocycles. The molecule has 3 atom stereocenters. The lowest BCUT2D eigenvalue weighted by Gasteiger charge is -2.27. The third-order valence-corrected chi connectivity index (χ3v) is 4.58. The Morgan fingerprint density at radius 2 is 2.33 bits per heavy atom. The van der Waals surface area contributed by atoms with Crippen LogP contribution in [-0.2, 0) is 10.5 Å². The number of ether oxygens (including phenoxy) is 2. The van der Waals surface area contributed by atoms with Crippen molar-refractivity contribution >= 4 is 27.6 Å². The van der Waals surface area contributed by atoms with Crippen LogP contribution in [-0.4, -0.2) is 61.9 Å². The first-order chi connectivity index (χ1) is 11.4. The number of thiazole rings is 1. The van der Waals surface area contributed by atoms with Crippen molar-refractivity contribution in [2.75, 3.05) is 25.6 Å². The lowest BCUT2D eigenvalue weighted by molar-refractivity contribution is -0.111. The number of nitrogens with zero attached hydrogens (tertiary/aromatic N) is 3. The van der Waals surface area contributed by atoms with E-state index in [1.54, 1.807) is 0 Å². The van der Waals surface area contributed by atoms with Crippen molar-refractivity contribution in [1.82, 2.24) is 14.5 Å². The van der Waals surface area contributed by atoms with Crippen molar-refractivity contribution in [3.05, 3.63) is 22.3 Å². The highest BCUT2D eigenvalue weighted by Gasteiger charge is 2.51. The van der Waals surface area contributed by atoms with Crippen LogP contribution in [0.3, 0.4) is 0 Å². The first-order valence-electron chi connectivity index (χ1n) is 6.98. The van der Waals surface area contributed by atoms with Gasteiger partial charge in [-0.2, -0.15) is 9.97 Å². The van der Waals surface area contributed by atoms with Crippen molar-refractivity contribution in [3.63, 3.8) is 0 Å². The van der Waals surface area contributed by atoms with Gasteiger partial charge in [0.2, 0.25) is 11.8 Å². The minimum Gasteiger partial charge on any atom is -0.472 e. The third-order valence-electron chi connectivity index (χ3n) is 3.66. The number of aromatic nitrogens is 3. The second-order valence-corrected chi connectivity index (χ2v) is 6.16. The molecule has 3 heterocycles. The normalized spacial score (nSPS) is 26.8. The molecule has 3 rings (SSSR count). The van der Waals surface area contributed by atoms with Gasteiger partial charge in [-0.05, 0) is 0 Å². The zero-order chi connectivity index (χ0) is 17.5. The number of hydrogen-bond donors (Lipinski definition) is 4. The predicted molar refractivity (Wildman–Crippen MR) is 84.8 cm³/mol. The van der Waals surface area contributed by atoms with E-state index in [0.717, 1.165) is 15.9 Å². The second-order valence-electron chi connectivity index (χ2n) is 5.20. The molecule has 0 amide bonds. The molecule has 0 radical (unpaired) electrons. The summed E-state index contributed by atoms with van der Waals surface area (Å²) >= 11 is 0.739. The summed E-state index contributed by atoms with van der Waals surface area (Å²) in [5.74, 6) is -0.0854. The number of anilines is 1. The molecule has 24 heavy (non-hydrogen) atoms. The molecule has 1 fully saturated rings. The standard InChI is InChI=1S/C13H16N4O6S/c1-2-3-22-10-7-9(15-11(14)16-10)17(12(20)24-7)13(21)5-23-6(4-18)8(13)19/h2,6,8,18-19,21H,1,3-5H2,(H2,14,15,16)/t6-,8-,13-/m1/s1. The summed E-state index contributed by atoms with van der Waals surface area (Å²) in [6, 6.07) is 0. The summed E-state index contributed by atoms with van der Waals surface area (Å²) in [4.78, 5) is 19.7. The maximum atomic E-state index is 12.4. The Labute approximate surface area is 139 Å². The van der Waals surface area contributed by atoms with Crippen LogP contribution in [0.25, 0.3) is 10.3 Å². The molecule has 2 aromatic heterocycles. The molecule has 130 valence electrons. The maximum absolute atomic E-state index is 12.4. The number of nitrogen functional groups attached to an aromatic ring is 1. The van der Waals surface area contributed by atoms with Gasteiger partial charge in [0.05, 0.1) is 13.2 Å². The summed E-state index contributed by atoms with van der Waals surface area (Å²) in [5, 5.41) is 30.2. The highest BCUT2D eigenvalue weighted by atomic mass is 32.1. The Hall–Kier alpha value is -2.05. The molecule has 1 aliphatic heterocycles. The quantitative estimate of drug-likeness (QED) is 0.464.